The van der Waals surface area contributed by atoms with E-state index < -0.39 is 0 Å². The van der Waals surface area contributed by atoms with Gasteiger partial charge in [-0.3, -0.25) is 9.88 Å². The lowest BCUT2D eigenvalue weighted by Crippen LogP contribution is -2.18. The largest absolute Gasteiger partial charge is 0.313 e. The molecule has 17 heavy (non-hydrogen) atoms. The standard InChI is InChI=1S/C14H23N3/c1-4-8-15-10-13-6-7-14(16-11-13)12-17(3)9-5-2/h5-7,11,15H,2,4,8-10,12H2,1,3H3. The third kappa shape index (κ3) is 5.61. The smallest absolute Gasteiger partial charge is 0.0544 e. The van der Waals surface area contributed by atoms with E-state index in [2.05, 4.69) is 47.9 Å². The van der Waals surface area contributed by atoms with Crippen LogP contribution in [-0.2, 0) is 13.1 Å². The van der Waals surface area contributed by atoms with Crippen molar-refractivity contribution < 1.29 is 0 Å². The molecule has 0 bridgehead atoms. The van der Waals surface area contributed by atoms with Crippen LogP contribution < -0.4 is 5.32 Å². The summed E-state index contributed by atoms with van der Waals surface area (Å²) in [4.78, 5) is 6.65. The van der Waals surface area contributed by atoms with Crippen molar-refractivity contribution in [2.24, 2.45) is 0 Å². The second-order valence-electron chi connectivity index (χ2n) is 4.32. The Kier molecular flexibility index (Phi) is 6.51. The van der Waals surface area contributed by atoms with E-state index in [1.54, 1.807) is 0 Å². The molecular formula is C14H23N3. The van der Waals surface area contributed by atoms with E-state index in [-0.39, 0.29) is 0 Å². The highest BCUT2D eigenvalue weighted by molar-refractivity contribution is 5.13. The molecule has 0 atom stereocenters. The van der Waals surface area contributed by atoms with Crippen molar-refractivity contribution in [2.45, 2.75) is 26.4 Å². The van der Waals surface area contributed by atoms with Crippen molar-refractivity contribution in [3.8, 4) is 0 Å². The number of hydrogen-bond acceptors (Lipinski definition) is 3. The number of likely N-dealkylation sites (N-methyl/N-ethyl adjacent to an activating group) is 1. The zero-order chi connectivity index (χ0) is 12.5. The van der Waals surface area contributed by atoms with Crippen LogP contribution in [0.5, 0.6) is 0 Å². The van der Waals surface area contributed by atoms with Gasteiger partial charge in [0.05, 0.1) is 5.69 Å². The Hall–Kier alpha value is -1.19. The molecule has 0 spiro atoms. The molecule has 0 radical (unpaired) electrons. The maximum atomic E-state index is 4.46. The van der Waals surface area contributed by atoms with Crippen molar-refractivity contribution in [2.75, 3.05) is 20.1 Å². The molecule has 1 aromatic heterocycles. The number of aromatic nitrogens is 1. The van der Waals surface area contributed by atoms with Crippen LogP contribution in [0, 0.1) is 0 Å². The van der Waals surface area contributed by atoms with Gasteiger partial charge < -0.3 is 5.32 Å². The molecule has 0 saturated heterocycles. The molecule has 3 nitrogen and oxygen atoms in total. The van der Waals surface area contributed by atoms with Crippen LogP contribution in [0.25, 0.3) is 0 Å². The van der Waals surface area contributed by atoms with Gasteiger partial charge in [0.1, 0.15) is 0 Å². The summed E-state index contributed by atoms with van der Waals surface area (Å²) in [5.41, 5.74) is 2.35. The third-order valence-corrected chi connectivity index (χ3v) is 2.51. The van der Waals surface area contributed by atoms with Gasteiger partial charge in [-0.05, 0) is 31.6 Å². The van der Waals surface area contributed by atoms with Crippen molar-refractivity contribution in [3.05, 3.63) is 42.2 Å². The number of nitrogens with one attached hydrogen (secondary N) is 1. The van der Waals surface area contributed by atoms with E-state index in [9.17, 15) is 0 Å². The number of hydrogen-bond donors (Lipinski definition) is 1. The highest BCUT2D eigenvalue weighted by Crippen LogP contribution is 2.03. The average Bonchev–Trinajstić information content (AvgIpc) is 2.32. The summed E-state index contributed by atoms with van der Waals surface area (Å²) in [7, 11) is 2.07. The van der Waals surface area contributed by atoms with E-state index in [4.69, 9.17) is 0 Å². The Morgan fingerprint density at radius 2 is 2.29 bits per heavy atom. The molecule has 0 saturated carbocycles. The zero-order valence-electron chi connectivity index (χ0n) is 10.9. The van der Waals surface area contributed by atoms with Crippen LogP contribution in [0.1, 0.15) is 24.6 Å². The van der Waals surface area contributed by atoms with Crippen molar-refractivity contribution in [1.82, 2.24) is 15.2 Å². The average molecular weight is 233 g/mol. The summed E-state index contributed by atoms with van der Waals surface area (Å²) in [6.45, 7) is 9.62. The van der Waals surface area contributed by atoms with E-state index in [0.717, 1.165) is 38.3 Å². The van der Waals surface area contributed by atoms with Crippen LogP contribution in [0.2, 0.25) is 0 Å². The molecule has 0 amide bonds. The minimum Gasteiger partial charge on any atom is -0.313 e. The summed E-state index contributed by atoms with van der Waals surface area (Å²) in [6.07, 6.45) is 5.03. The number of rotatable bonds is 8. The second-order valence-corrected chi connectivity index (χ2v) is 4.32. The molecule has 1 aromatic rings. The van der Waals surface area contributed by atoms with Crippen molar-refractivity contribution >= 4 is 0 Å². The Bertz CT molecular complexity index is 319. The molecule has 0 aliphatic rings. The Labute approximate surface area is 105 Å². The minimum atomic E-state index is 0.870. The first-order valence-electron chi connectivity index (χ1n) is 6.20. The van der Waals surface area contributed by atoms with Crippen LogP contribution in [0.4, 0.5) is 0 Å². The fraction of sp³-hybridized carbons (Fsp3) is 0.500. The molecule has 0 aromatic carbocycles. The van der Waals surface area contributed by atoms with Crippen LogP contribution in [-0.4, -0.2) is 30.0 Å². The van der Waals surface area contributed by atoms with Crippen LogP contribution in [0.15, 0.2) is 31.0 Å². The van der Waals surface area contributed by atoms with Crippen molar-refractivity contribution in [1.29, 1.82) is 0 Å². The van der Waals surface area contributed by atoms with Crippen LogP contribution >= 0.6 is 0 Å². The van der Waals surface area contributed by atoms with Gasteiger partial charge in [-0.2, -0.15) is 0 Å². The molecule has 1 rings (SSSR count). The highest BCUT2D eigenvalue weighted by atomic mass is 15.1. The molecular weight excluding hydrogens is 210 g/mol. The first kappa shape index (κ1) is 13.9. The second kappa shape index (κ2) is 7.98. The van der Waals surface area contributed by atoms with E-state index in [1.807, 2.05) is 12.3 Å². The third-order valence-electron chi connectivity index (χ3n) is 2.51. The molecule has 3 heteroatoms. The van der Waals surface area contributed by atoms with Gasteiger partial charge in [-0.15, -0.1) is 6.58 Å². The molecule has 0 aliphatic heterocycles. The summed E-state index contributed by atoms with van der Waals surface area (Å²) < 4.78 is 0. The SMILES string of the molecule is C=CCN(C)Cc1ccc(CNCCC)cn1. The molecule has 94 valence electrons. The highest BCUT2D eigenvalue weighted by Gasteiger charge is 2.00. The van der Waals surface area contributed by atoms with Crippen LogP contribution in [0.3, 0.4) is 0 Å². The van der Waals surface area contributed by atoms with Gasteiger partial charge in [-0.25, -0.2) is 0 Å². The topological polar surface area (TPSA) is 28.2 Å². The molecule has 1 N–H and O–H groups in total. The van der Waals surface area contributed by atoms with Gasteiger partial charge >= 0.3 is 0 Å². The van der Waals surface area contributed by atoms with Gasteiger partial charge in [0, 0.05) is 25.8 Å². The lowest BCUT2D eigenvalue weighted by Gasteiger charge is -2.13. The number of nitrogens with zero attached hydrogens (tertiary/aromatic N) is 2. The molecule has 1 heterocycles. The number of pyridine rings is 1. The molecule has 0 aliphatic carbocycles. The van der Waals surface area contributed by atoms with Crippen molar-refractivity contribution in [3.63, 3.8) is 0 Å². The quantitative estimate of drug-likeness (QED) is 0.551. The first-order valence-corrected chi connectivity index (χ1v) is 6.20. The van der Waals surface area contributed by atoms with Gasteiger partial charge in [-0.1, -0.05) is 19.1 Å². The fourth-order valence-corrected chi connectivity index (χ4v) is 1.62. The van der Waals surface area contributed by atoms with E-state index in [0.29, 0.717) is 0 Å². The van der Waals surface area contributed by atoms with E-state index in [1.165, 1.54) is 5.56 Å². The Morgan fingerprint density at radius 3 is 2.88 bits per heavy atom. The summed E-state index contributed by atoms with van der Waals surface area (Å²) in [5, 5.41) is 3.37. The normalized spacial score (nSPS) is 10.8. The maximum Gasteiger partial charge on any atom is 0.0544 e. The predicted molar refractivity (Wildman–Crippen MR) is 72.8 cm³/mol. The fourth-order valence-electron chi connectivity index (χ4n) is 1.62. The maximum absolute atomic E-state index is 4.46. The summed E-state index contributed by atoms with van der Waals surface area (Å²) >= 11 is 0. The monoisotopic (exact) mass is 233 g/mol. The lowest BCUT2D eigenvalue weighted by atomic mass is 10.2. The summed E-state index contributed by atoms with van der Waals surface area (Å²) in [5.74, 6) is 0. The first-order chi connectivity index (χ1) is 8.26. The Morgan fingerprint density at radius 1 is 1.47 bits per heavy atom. The summed E-state index contributed by atoms with van der Waals surface area (Å²) in [6, 6.07) is 4.25. The molecule has 0 fully saturated rings. The van der Waals surface area contributed by atoms with Gasteiger partial charge in [0.2, 0.25) is 0 Å². The van der Waals surface area contributed by atoms with Gasteiger partial charge in [0.25, 0.3) is 0 Å². The Balaban J connectivity index is 2.41. The lowest BCUT2D eigenvalue weighted by molar-refractivity contribution is 0.359. The minimum absolute atomic E-state index is 0.870. The van der Waals surface area contributed by atoms with Gasteiger partial charge in [0.15, 0.2) is 0 Å². The zero-order valence-corrected chi connectivity index (χ0v) is 10.9. The predicted octanol–water partition coefficient (Wildman–Crippen LogP) is 2.20. The molecule has 0 unspecified atom stereocenters. The van der Waals surface area contributed by atoms with E-state index >= 15 is 0 Å².